The van der Waals surface area contributed by atoms with Gasteiger partial charge in [0, 0.05) is 10.2 Å². The van der Waals surface area contributed by atoms with Gasteiger partial charge < -0.3 is 0 Å². The van der Waals surface area contributed by atoms with Crippen molar-refractivity contribution in [2.75, 3.05) is 11.2 Å². The van der Waals surface area contributed by atoms with Crippen LogP contribution >= 0.6 is 39.0 Å². The van der Waals surface area contributed by atoms with Crippen LogP contribution < -0.4 is 5.43 Å². The summed E-state index contributed by atoms with van der Waals surface area (Å²) >= 11 is 6.93. The van der Waals surface area contributed by atoms with E-state index in [0.29, 0.717) is 0 Å². The molecular weight excluding hydrogens is 438 g/mol. The highest BCUT2D eigenvalue weighted by Crippen LogP contribution is 2.30. The Kier molecular flexibility index (Phi) is 5.87. The fourth-order valence-corrected chi connectivity index (χ4v) is 4.81. The number of thiazole rings is 1. The fourth-order valence-electron chi connectivity index (χ4n) is 2.51. The van der Waals surface area contributed by atoms with Crippen molar-refractivity contribution in [3.05, 3.63) is 88.9 Å². The molecule has 4 rings (SSSR count). The molecule has 0 aliphatic carbocycles. The molecule has 0 saturated heterocycles. The number of thioether (sulfide) groups is 1. The summed E-state index contributed by atoms with van der Waals surface area (Å²) in [4.78, 5) is 4.71. The second kappa shape index (κ2) is 8.69. The van der Waals surface area contributed by atoms with Crippen molar-refractivity contribution in [2.45, 2.75) is 4.34 Å². The van der Waals surface area contributed by atoms with E-state index in [4.69, 9.17) is 4.98 Å². The smallest absolute Gasteiger partial charge is 0.151 e. The highest BCUT2D eigenvalue weighted by Gasteiger charge is 2.09. The third kappa shape index (κ3) is 4.77. The van der Waals surface area contributed by atoms with Gasteiger partial charge in [0.25, 0.3) is 0 Å². The highest BCUT2D eigenvalue weighted by molar-refractivity contribution is 9.10. The standard InChI is InChI=1S/C21H16BrN3S2/c22-16-12-10-15(11-13-16)19(25-24-17-6-2-1-3-7-17)14-26-21-23-18-8-4-5-9-20(18)27-21/h1-13,24H,14H2/b25-19-. The summed E-state index contributed by atoms with van der Waals surface area (Å²) in [5, 5.41) is 4.67. The number of anilines is 1. The molecule has 0 fully saturated rings. The van der Waals surface area contributed by atoms with Crippen molar-refractivity contribution in [2.24, 2.45) is 5.10 Å². The molecule has 0 aliphatic rings. The molecule has 3 nitrogen and oxygen atoms in total. The summed E-state index contributed by atoms with van der Waals surface area (Å²) in [6.07, 6.45) is 0. The van der Waals surface area contributed by atoms with Crippen molar-refractivity contribution >= 4 is 60.6 Å². The van der Waals surface area contributed by atoms with Gasteiger partial charge in [-0.25, -0.2) is 4.98 Å². The Hall–Kier alpha value is -2.15. The topological polar surface area (TPSA) is 37.3 Å². The number of rotatable bonds is 6. The second-order valence-corrected chi connectivity index (χ2v) is 8.95. The van der Waals surface area contributed by atoms with Crippen LogP contribution in [0.15, 0.2) is 92.8 Å². The van der Waals surface area contributed by atoms with Crippen LogP contribution in [0.25, 0.3) is 10.2 Å². The van der Waals surface area contributed by atoms with E-state index in [2.05, 4.69) is 50.7 Å². The number of hydrazone groups is 1. The monoisotopic (exact) mass is 453 g/mol. The van der Waals surface area contributed by atoms with Gasteiger partial charge >= 0.3 is 0 Å². The zero-order chi connectivity index (χ0) is 18.5. The number of halogens is 1. The quantitative estimate of drug-likeness (QED) is 0.201. The van der Waals surface area contributed by atoms with Gasteiger partial charge in [0.1, 0.15) is 0 Å². The lowest BCUT2D eigenvalue weighted by molar-refractivity contribution is 1.30. The van der Waals surface area contributed by atoms with Crippen LogP contribution in [0.4, 0.5) is 5.69 Å². The third-order valence-electron chi connectivity index (χ3n) is 3.88. The van der Waals surface area contributed by atoms with Gasteiger partial charge in [0.05, 0.1) is 21.6 Å². The molecule has 0 spiro atoms. The minimum absolute atomic E-state index is 0.737. The lowest BCUT2D eigenvalue weighted by Gasteiger charge is -2.07. The van der Waals surface area contributed by atoms with Gasteiger partial charge in [-0.05, 0) is 42.0 Å². The van der Waals surface area contributed by atoms with Crippen molar-refractivity contribution in [3.63, 3.8) is 0 Å². The number of fused-ring (bicyclic) bond motifs is 1. The van der Waals surface area contributed by atoms with Crippen molar-refractivity contribution in [3.8, 4) is 0 Å². The molecule has 0 aliphatic heterocycles. The van der Waals surface area contributed by atoms with Crippen LogP contribution in [-0.4, -0.2) is 16.4 Å². The molecule has 0 atom stereocenters. The summed E-state index contributed by atoms with van der Waals surface area (Å²) in [6.45, 7) is 0. The fraction of sp³-hybridized carbons (Fsp3) is 0.0476. The van der Waals surface area contributed by atoms with Crippen LogP contribution in [0.1, 0.15) is 5.56 Å². The molecule has 1 heterocycles. The predicted octanol–water partition coefficient (Wildman–Crippen LogP) is 6.67. The summed E-state index contributed by atoms with van der Waals surface area (Å²) in [5.74, 6) is 0.737. The SMILES string of the molecule is Brc1ccc(/C(CSc2nc3ccccc3s2)=N\Nc2ccccc2)cc1. The Morgan fingerprint density at radius 1 is 0.963 bits per heavy atom. The molecule has 0 bridgehead atoms. The maximum Gasteiger partial charge on any atom is 0.151 e. The molecule has 6 heteroatoms. The van der Waals surface area contributed by atoms with E-state index in [9.17, 15) is 0 Å². The number of hydrogen-bond donors (Lipinski definition) is 1. The highest BCUT2D eigenvalue weighted by atomic mass is 79.9. The van der Waals surface area contributed by atoms with Gasteiger partial charge in [0.2, 0.25) is 0 Å². The summed E-state index contributed by atoms with van der Waals surface area (Å²) in [6, 6.07) is 26.4. The molecule has 134 valence electrons. The van der Waals surface area contributed by atoms with Gasteiger partial charge in [-0.2, -0.15) is 5.10 Å². The molecule has 0 amide bonds. The Morgan fingerprint density at radius 2 is 1.70 bits per heavy atom. The summed E-state index contributed by atoms with van der Waals surface area (Å²) in [7, 11) is 0. The first-order chi connectivity index (χ1) is 13.3. The van der Waals surface area contributed by atoms with Crippen LogP contribution in [0.2, 0.25) is 0 Å². The third-order valence-corrected chi connectivity index (χ3v) is 6.60. The predicted molar refractivity (Wildman–Crippen MR) is 121 cm³/mol. The average molecular weight is 454 g/mol. The summed E-state index contributed by atoms with van der Waals surface area (Å²) < 4.78 is 3.32. The zero-order valence-electron chi connectivity index (χ0n) is 14.3. The van der Waals surface area contributed by atoms with Crippen molar-refractivity contribution in [1.82, 2.24) is 4.98 Å². The van der Waals surface area contributed by atoms with E-state index < -0.39 is 0 Å². The van der Waals surface area contributed by atoms with Crippen LogP contribution in [-0.2, 0) is 0 Å². The number of nitrogens with zero attached hydrogens (tertiary/aromatic N) is 2. The molecule has 0 radical (unpaired) electrons. The minimum atomic E-state index is 0.737. The average Bonchev–Trinajstić information content (AvgIpc) is 3.13. The van der Waals surface area contributed by atoms with E-state index in [1.54, 1.807) is 23.1 Å². The van der Waals surface area contributed by atoms with Gasteiger partial charge in [0.15, 0.2) is 4.34 Å². The number of nitrogens with one attached hydrogen (secondary N) is 1. The Morgan fingerprint density at radius 3 is 2.48 bits per heavy atom. The lowest BCUT2D eigenvalue weighted by atomic mass is 10.1. The lowest BCUT2D eigenvalue weighted by Crippen LogP contribution is -2.07. The molecular formula is C21H16BrN3S2. The van der Waals surface area contributed by atoms with E-state index in [1.807, 2.05) is 54.6 Å². The van der Waals surface area contributed by atoms with Crippen molar-refractivity contribution < 1.29 is 0 Å². The Balaban J connectivity index is 1.56. The molecule has 1 aromatic heterocycles. The zero-order valence-corrected chi connectivity index (χ0v) is 17.5. The van der Waals surface area contributed by atoms with E-state index >= 15 is 0 Å². The van der Waals surface area contributed by atoms with Crippen LogP contribution in [0, 0.1) is 0 Å². The maximum atomic E-state index is 4.71. The number of aromatic nitrogens is 1. The van der Waals surface area contributed by atoms with E-state index in [-0.39, 0.29) is 0 Å². The van der Waals surface area contributed by atoms with Crippen LogP contribution in [0.3, 0.4) is 0 Å². The van der Waals surface area contributed by atoms with E-state index in [0.717, 1.165) is 37.0 Å². The summed E-state index contributed by atoms with van der Waals surface area (Å²) in [5.41, 5.74) is 7.26. The first-order valence-electron chi connectivity index (χ1n) is 8.40. The van der Waals surface area contributed by atoms with Gasteiger partial charge in [-0.1, -0.05) is 70.2 Å². The number of benzene rings is 3. The van der Waals surface area contributed by atoms with Crippen molar-refractivity contribution in [1.29, 1.82) is 0 Å². The largest absolute Gasteiger partial charge is 0.278 e. The number of hydrogen-bond acceptors (Lipinski definition) is 5. The first kappa shape index (κ1) is 18.2. The maximum absolute atomic E-state index is 4.71. The van der Waals surface area contributed by atoms with Gasteiger partial charge in [-0.15, -0.1) is 11.3 Å². The second-order valence-electron chi connectivity index (χ2n) is 5.78. The Bertz CT molecular complexity index is 1030. The normalized spacial score (nSPS) is 11.7. The molecule has 0 saturated carbocycles. The number of para-hydroxylation sites is 2. The molecule has 0 unspecified atom stereocenters. The molecule has 4 aromatic rings. The van der Waals surface area contributed by atoms with E-state index in [1.165, 1.54) is 4.70 Å². The molecule has 1 N–H and O–H groups in total. The molecule has 3 aromatic carbocycles. The van der Waals surface area contributed by atoms with Crippen LogP contribution in [0.5, 0.6) is 0 Å². The Labute approximate surface area is 174 Å². The first-order valence-corrected chi connectivity index (χ1v) is 11.0. The molecule has 27 heavy (non-hydrogen) atoms. The van der Waals surface area contributed by atoms with Gasteiger partial charge in [-0.3, -0.25) is 5.43 Å². The minimum Gasteiger partial charge on any atom is -0.278 e.